The average Bonchev–Trinajstić information content (AvgIpc) is 2.46. The Hall–Kier alpha value is -1.09. The lowest BCUT2D eigenvalue weighted by molar-refractivity contribution is -0.122. The summed E-state index contributed by atoms with van der Waals surface area (Å²) in [6.45, 7) is 9.30. The van der Waals surface area contributed by atoms with Gasteiger partial charge in [-0.2, -0.15) is 0 Å². The largest absolute Gasteiger partial charge is 0.498 e. The Bertz CT molecular complexity index is 499. The smallest absolute Gasteiger partial charge is 0.165 e. The van der Waals surface area contributed by atoms with Gasteiger partial charge in [0, 0.05) is 12.5 Å². The topological polar surface area (TPSA) is 46.5 Å². The third-order valence-electron chi connectivity index (χ3n) is 5.38. The third kappa shape index (κ3) is 4.26. The zero-order valence-electron chi connectivity index (χ0n) is 15.2. The van der Waals surface area contributed by atoms with Crippen LogP contribution in [0.5, 0.6) is 0 Å². The number of ether oxygens (including phenoxy) is 1. The molecule has 1 N–H and O–H groups in total. The van der Waals surface area contributed by atoms with Crippen molar-refractivity contribution in [1.29, 1.82) is 0 Å². The summed E-state index contributed by atoms with van der Waals surface area (Å²) in [6.07, 6.45) is 7.81. The van der Waals surface area contributed by atoms with E-state index in [4.69, 9.17) is 4.74 Å². The molecule has 0 aromatic rings. The molecular weight excluding hydrogens is 288 g/mol. The van der Waals surface area contributed by atoms with E-state index in [9.17, 15) is 9.90 Å². The van der Waals surface area contributed by atoms with E-state index >= 15 is 0 Å². The molecular formula is C20H32O3. The molecule has 0 aliphatic heterocycles. The molecule has 2 atom stereocenters. The monoisotopic (exact) mass is 320 g/mol. The Labute approximate surface area is 140 Å². The molecule has 0 saturated heterocycles. The number of ketones is 1. The molecule has 2 aliphatic rings. The highest BCUT2D eigenvalue weighted by atomic mass is 16.5. The number of carbonyl (C=O) groups excluding carboxylic acids is 1. The molecule has 0 radical (unpaired) electrons. The lowest BCUT2D eigenvalue weighted by atomic mass is 9.67. The number of allylic oxidation sites excluding steroid dienone is 3. The molecule has 0 aromatic heterocycles. The maximum atomic E-state index is 12.5. The summed E-state index contributed by atoms with van der Waals surface area (Å²) in [5.74, 6) is 0.508. The molecule has 0 amide bonds. The Morgan fingerprint density at radius 2 is 2.13 bits per heavy atom. The molecule has 0 heterocycles. The van der Waals surface area contributed by atoms with Crippen molar-refractivity contribution in [3.8, 4) is 0 Å². The van der Waals surface area contributed by atoms with Crippen molar-refractivity contribution in [3.63, 3.8) is 0 Å². The molecule has 2 aliphatic carbocycles. The zero-order chi connectivity index (χ0) is 17.0. The second-order valence-corrected chi connectivity index (χ2v) is 7.74. The van der Waals surface area contributed by atoms with Gasteiger partial charge in [-0.3, -0.25) is 4.79 Å². The molecule has 3 heteroatoms. The van der Waals surface area contributed by atoms with Gasteiger partial charge in [0.2, 0.25) is 0 Å². The van der Waals surface area contributed by atoms with Crippen LogP contribution >= 0.6 is 0 Å². The Morgan fingerprint density at radius 1 is 1.39 bits per heavy atom. The Morgan fingerprint density at radius 3 is 2.74 bits per heavy atom. The first-order valence-corrected chi connectivity index (χ1v) is 9.12. The Kier molecular flexibility index (Phi) is 6.07. The maximum absolute atomic E-state index is 12.5. The van der Waals surface area contributed by atoms with Gasteiger partial charge in [0.1, 0.15) is 0 Å². The minimum absolute atomic E-state index is 0.0103. The summed E-state index contributed by atoms with van der Waals surface area (Å²) < 4.78 is 5.68. The highest BCUT2D eigenvalue weighted by Crippen LogP contribution is 2.44. The molecule has 0 spiro atoms. The molecule has 130 valence electrons. The SMILES string of the molecule is CCCCOC1=CC(=O)C(C(O)C2=C(C)CCCC2(C)C)CC1. The van der Waals surface area contributed by atoms with Crippen molar-refractivity contribution in [2.75, 3.05) is 6.61 Å². The van der Waals surface area contributed by atoms with Crippen LogP contribution in [-0.2, 0) is 9.53 Å². The van der Waals surface area contributed by atoms with Gasteiger partial charge in [-0.05, 0) is 50.0 Å². The van der Waals surface area contributed by atoms with E-state index in [1.54, 1.807) is 6.08 Å². The number of rotatable bonds is 6. The first-order valence-electron chi connectivity index (χ1n) is 9.12. The van der Waals surface area contributed by atoms with E-state index in [0.29, 0.717) is 13.0 Å². The molecule has 3 nitrogen and oxygen atoms in total. The molecule has 0 fully saturated rings. The molecule has 0 saturated carbocycles. The highest BCUT2D eigenvalue weighted by molar-refractivity contribution is 5.93. The summed E-state index contributed by atoms with van der Waals surface area (Å²) >= 11 is 0. The van der Waals surface area contributed by atoms with E-state index in [2.05, 4.69) is 27.7 Å². The van der Waals surface area contributed by atoms with Gasteiger partial charge in [-0.25, -0.2) is 0 Å². The van der Waals surface area contributed by atoms with E-state index in [0.717, 1.165) is 43.4 Å². The zero-order valence-corrected chi connectivity index (χ0v) is 15.2. The van der Waals surface area contributed by atoms with Crippen molar-refractivity contribution < 1.29 is 14.6 Å². The van der Waals surface area contributed by atoms with Crippen LogP contribution in [0.4, 0.5) is 0 Å². The van der Waals surface area contributed by atoms with Crippen LogP contribution in [-0.4, -0.2) is 23.6 Å². The Balaban J connectivity index is 2.09. The van der Waals surface area contributed by atoms with Crippen LogP contribution in [0.1, 0.15) is 72.6 Å². The summed E-state index contributed by atoms with van der Waals surface area (Å²) in [6, 6.07) is 0. The standard InChI is InChI=1S/C20H32O3/c1-5-6-12-23-15-9-10-16(17(21)13-15)19(22)18-14(2)8-7-11-20(18,3)4/h13,16,19,22H,5-12H2,1-4H3. The van der Waals surface area contributed by atoms with E-state index < -0.39 is 6.10 Å². The fraction of sp³-hybridized carbons (Fsp3) is 0.750. The predicted octanol–water partition coefficient (Wildman–Crippen LogP) is 4.55. The van der Waals surface area contributed by atoms with E-state index in [-0.39, 0.29) is 17.1 Å². The lowest BCUT2D eigenvalue weighted by Gasteiger charge is -2.39. The van der Waals surface area contributed by atoms with Crippen LogP contribution in [0.15, 0.2) is 23.0 Å². The van der Waals surface area contributed by atoms with E-state index in [1.807, 2.05) is 0 Å². The van der Waals surface area contributed by atoms with E-state index in [1.165, 1.54) is 12.0 Å². The molecule has 0 aromatic carbocycles. The van der Waals surface area contributed by atoms with Gasteiger partial charge in [0.15, 0.2) is 5.78 Å². The number of hydrogen-bond acceptors (Lipinski definition) is 3. The van der Waals surface area contributed by atoms with Gasteiger partial charge in [0.05, 0.1) is 24.4 Å². The van der Waals surface area contributed by atoms with Crippen LogP contribution in [0, 0.1) is 11.3 Å². The number of aliphatic hydroxyl groups is 1. The minimum atomic E-state index is -0.647. The minimum Gasteiger partial charge on any atom is -0.498 e. The fourth-order valence-electron chi connectivity index (χ4n) is 4.05. The van der Waals surface area contributed by atoms with Gasteiger partial charge >= 0.3 is 0 Å². The first kappa shape index (κ1) is 18.3. The second kappa shape index (κ2) is 7.65. The molecule has 2 rings (SSSR count). The van der Waals surface area contributed by atoms with Gasteiger partial charge in [-0.15, -0.1) is 0 Å². The molecule has 23 heavy (non-hydrogen) atoms. The normalized spacial score (nSPS) is 26.0. The van der Waals surface area contributed by atoms with Crippen LogP contribution in [0.3, 0.4) is 0 Å². The van der Waals surface area contributed by atoms with Gasteiger partial charge in [0.25, 0.3) is 0 Å². The number of carbonyl (C=O) groups is 1. The highest BCUT2D eigenvalue weighted by Gasteiger charge is 2.39. The van der Waals surface area contributed by atoms with Crippen molar-refractivity contribution in [2.24, 2.45) is 11.3 Å². The predicted molar refractivity (Wildman–Crippen MR) is 93.0 cm³/mol. The van der Waals surface area contributed by atoms with Crippen molar-refractivity contribution in [1.82, 2.24) is 0 Å². The number of hydrogen-bond donors (Lipinski definition) is 1. The summed E-state index contributed by atoms with van der Waals surface area (Å²) in [5.41, 5.74) is 2.37. The average molecular weight is 320 g/mol. The first-order chi connectivity index (χ1) is 10.9. The van der Waals surface area contributed by atoms with Gasteiger partial charge in [-0.1, -0.05) is 32.8 Å². The number of unbranched alkanes of at least 4 members (excludes halogenated alkanes) is 1. The number of aliphatic hydroxyl groups excluding tert-OH is 1. The van der Waals surface area contributed by atoms with Crippen molar-refractivity contribution >= 4 is 5.78 Å². The van der Waals surface area contributed by atoms with Crippen LogP contribution < -0.4 is 0 Å². The third-order valence-corrected chi connectivity index (χ3v) is 5.38. The quantitative estimate of drug-likeness (QED) is 0.577. The van der Waals surface area contributed by atoms with Crippen molar-refractivity contribution in [2.45, 2.75) is 78.7 Å². The fourth-order valence-corrected chi connectivity index (χ4v) is 4.05. The lowest BCUT2D eigenvalue weighted by Crippen LogP contribution is -2.38. The van der Waals surface area contributed by atoms with Crippen LogP contribution in [0.2, 0.25) is 0 Å². The van der Waals surface area contributed by atoms with Gasteiger partial charge < -0.3 is 9.84 Å². The van der Waals surface area contributed by atoms with Crippen molar-refractivity contribution in [3.05, 3.63) is 23.0 Å². The second-order valence-electron chi connectivity index (χ2n) is 7.74. The summed E-state index contributed by atoms with van der Waals surface area (Å²) in [7, 11) is 0. The summed E-state index contributed by atoms with van der Waals surface area (Å²) in [4.78, 5) is 12.5. The summed E-state index contributed by atoms with van der Waals surface area (Å²) in [5, 5.41) is 10.9. The molecule has 0 bridgehead atoms. The molecule has 2 unspecified atom stereocenters. The maximum Gasteiger partial charge on any atom is 0.165 e. The van der Waals surface area contributed by atoms with Crippen LogP contribution in [0.25, 0.3) is 0 Å².